The molecule has 0 amide bonds. The van der Waals surface area contributed by atoms with Crippen molar-refractivity contribution in [3.05, 3.63) is 95.5 Å². The molecule has 0 atom stereocenters. The van der Waals surface area contributed by atoms with Gasteiger partial charge in [0.25, 0.3) is 0 Å². The van der Waals surface area contributed by atoms with Crippen LogP contribution < -0.4 is 10.1 Å². The lowest BCUT2D eigenvalue weighted by Crippen LogP contribution is -2.12. The molecule has 0 saturated carbocycles. The molecular weight excluding hydrogens is 436 g/mol. The van der Waals surface area contributed by atoms with Gasteiger partial charge in [-0.2, -0.15) is 0 Å². The van der Waals surface area contributed by atoms with Crippen molar-refractivity contribution in [2.45, 2.75) is 6.92 Å². The number of nitrogens with zero attached hydrogens (tertiary/aromatic N) is 1. The minimum absolute atomic E-state index is 0.251. The molecular formula is C27H23ClN2O3. The number of aromatic nitrogens is 1. The van der Waals surface area contributed by atoms with Crippen LogP contribution in [0.1, 0.15) is 17.3 Å². The van der Waals surface area contributed by atoms with Crippen LogP contribution >= 0.6 is 11.6 Å². The Hall–Kier alpha value is -3.83. The Bertz CT molecular complexity index is 1240. The van der Waals surface area contributed by atoms with Crippen molar-refractivity contribution in [3.63, 3.8) is 0 Å². The van der Waals surface area contributed by atoms with Crippen LogP contribution in [0.4, 0.5) is 11.5 Å². The number of hydrogen-bond acceptors (Lipinski definition) is 5. The normalized spacial score (nSPS) is 10.5. The summed E-state index contributed by atoms with van der Waals surface area (Å²) in [5.74, 6) is 0.689. The lowest BCUT2D eigenvalue weighted by molar-refractivity contribution is 0.0528. The summed E-state index contributed by atoms with van der Waals surface area (Å²) in [6.07, 6.45) is 0. The molecule has 0 spiro atoms. The summed E-state index contributed by atoms with van der Waals surface area (Å²) in [5, 5.41) is 3.92. The van der Waals surface area contributed by atoms with Gasteiger partial charge in [0.1, 0.15) is 17.1 Å². The van der Waals surface area contributed by atoms with E-state index in [1.165, 1.54) is 0 Å². The van der Waals surface area contributed by atoms with Crippen LogP contribution in [0.25, 0.3) is 22.4 Å². The molecule has 4 aromatic rings. The third-order valence-corrected chi connectivity index (χ3v) is 5.33. The highest BCUT2D eigenvalue weighted by Crippen LogP contribution is 2.35. The number of carbonyl (C=O) groups excluding carboxylic acids is 1. The smallest absolute Gasteiger partial charge is 0.342 e. The van der Waals surface area contributed by atoms with E-state index < -0.39 is 5.97 Å². The molecule has 0 unspecified atom stereocenters. The minimum atomic E-state index is -0.453. The summed E-state index contributed by atoms with van der Waals surface area (Å²) in [6, 6.07) is 26.5. The van der Waals surface area contributed by atoms with Crippen molar-refractivity contribution < 1.29 is 14.3 Å². The molecule has 0 aliphatic heterocycles. The third-order valence-electron chi connectivity index (χ3n) is 5.08. The van der Waals surface area contributed by atoms with E-state index in [4.69, 9.17) is 26.1 Å². The first-order chi connectivity index (χ1) is 16.1. The van der Waals surface area contributed by atoms with E-state index in [2.05, 4.69) is 5.32 Å². The maximum Gasteiger partial charge on any atom is 0.342 e. The number of ether oxygens (including phenoxy) is 2. The van der Waals surface area contributed by atoms with Crippen LogP contribution in [0.2, 0.25) is 5.02 Å². The first kappa shape index (κ1) is 22.4. The summed E-state index contributed by atoms with van der Waals surface area (Å²) in [4.78, 5) is 17.9. The van der Waals surface area contributed by atoms with Crippen molar-refractivity contribution in [1.82, 2.24) is 4.98 Å². The van der Waals surface area contributed by atoms with Crippen LogP contribution in [-0.2, 0) is 4.74 Å². The fraction of sp³-hybridized carbons (Fsp3) is 0.111. The molecule has 4 rings (SSSR count). The topological polar surface area (TPSA) is 60.5 Å². The van der Waals surface area contributed by atoms with Crippen molar-refractivity contribution in [2.75, 3.05) is 19.0 Å². The molecule has 5 nitrogen and oxygen atoms in total. The van der Waals surface area contributed by atoms with E-state index >= 15 is 0 Å². The summed E-state index contributed by atoms with van der Waals surface area (Å²) < 4.78 is 10.7. The van der Waals surface area contributed by atoms with Crippen LogP contribution in [0, 0.1) is 0 Å². The van der Waals surface area contributed by atoms with E-state index in [0.717, 1.165) is 28.3 Å². The molecule has 1 aromatic heterocycles. The Labute approximate surface area is 198 Å². The quantitative estimate of drug-likeness (QED) is 0.302. The molecule has 1 N–H and O–H groups in total. The summed E-state index contributed by atoms with van der Waals surface area (Å²) in [5.41, 5.74) is 4.32. The molecule has 1 heterocycles. The second-order valence-electron chi connectivity index (χ2n) is 7.23. The average molecular weight is 459 g/mol. The van der Waals surface area contributed by atoms with E-state index in [9.17, 15) is 4.79 Å². The van der Waals surface area contributed by atoms with Crippen molar-refractivity contribution in [1.29, 1.82) is 0 Å². The number of esters is 1. The predicted octanol–water partition coefficient (Wildman–Crippen LogP) is 7.00. The van der Waals surface area contributed by atoms with E-state index in [0.29, 0.717) is 22.0 Å². The number of methoxy groups -OCH3 is 1. The molecule has 33 heavy (non-hydrogen) atoms. The van der Waals surface area contributed by atoms with E-state index in [1.807, 2.05) is 72.8 Å². The van der Waals surface area contributed by atoms with Gasteiger partial charge in [-0.1, -0.05) is 54.1 Å². The Kier molecular flexibility index (Phi) is 6.91. The molecule has 0 aliphatic carbocycles. The molecule has 3 aromatic carbocycles. The summed E-state index contributed by atoms with van der Waals surface area (Å²) >= 11 is 6.12. The van der Waals surface area contributed by atoms with Crippen LogP contribution in [0.5, 0.6) is 5.75 Å². The standard InChI is InChI=1S/C27H23ClN2O3/c1-3-33-27(31)25-23(18-9-11-20(28)12-10-18)17-24(19-7-5-4-6-8-19)30-26(25)29-21-13-15-22(32-2)16-14-21/h4-17H,3H2,1-2H3,(H,29,30). The predicted molar refractivity (Wildman–Crippen MR) is 132 cm³/mol. The number of hydrogen-bond donors (Lipinski definition) is 1. The van der Waals surface area contributed by atoms with Gasteiger partial charge in [-0.25, -0.2) is 9.78 Å². The zero-order valence-corrected chi connectivity index (χ0v) is 19.1. The van der Waals surface area contributed by atoms with Crippen molar-refractivity contribution in [3.8, 4) is 28.1 Å². The highest BCUT2D eigenvalue weighted by Gasteiger charge is 2.23. The van der Waals surface area contributed by atoms with Gasteiger partial charge in [0.05, 0.1) is 19.4 Å². The van der Waals surface area contributed by atoms with Gasteiger partial charge in [-0.15, -0.1) is 0 Å². The molecule has 0 fully saturated rings. The number of anilines is 2. The first-order valence-corrected chi connectivity index (χ1v) is 10.9. The SMILES string of the molecule is CCOC(=O)c1c(-c2ccc(Cl)cc2)cc(-c2ccccc2)nc1Nc1ccc(OC)cc1. The lowest BCUT2D eigenvalue weighted by Gasteiger charge is -2.17. The van der Waals surface area contributed by atoms with Gasteiger partial charge in [-0.3, -0.25) is 0 Å². The van der Waals surface area contributed by atoms with Gasteiger partial charge in [0.15, 0.2) is 0 Å². The van der Waals surface area contributed by atoms with E-state index in [1.54, 1.807) is 26.2 Å². The Balaban J connectivity index is 1.92. The molecule has 6 heteroatoms. The highest BCUT2D eigenvalue weighted by molar-refractivity contribution is 6.30. The van der Waals surface area contributed by atoms with Crippen LogP contribution in [0.15, 0.2) is 84.9 Å². The fourth-order valence-electron chi connectivity index (χ4n) is 3.47. The second-order valence-corrected chi connectivity index (χ2v) is 7.66. The molecule has 0 radical (unpaired) electrons. The molecule has 166 valence electrons. The van der Waals surface area contributed by atoms with Gasteiger partial charge in [0, 0.05) is 21.8 Å². The van der Waals surface area contributed by atoms with Gasteiger partial charge in [0.2, 0.25) is 0 Å². The molecule has 0 bridgehead atoms. The highest BCUT2D eigenvalue weighted by atomic mass is 35.5. The van der Waals surface area contributed by atoms with Gasteiger partial charge >= 0.3 is 5.97 Å². The van der Waals surface area contributed by atoms with Crippen LogP contribution in [-0.4, -0.2) is 24.7 Å². The number of benzene rings is 3. The van der Waals surface area contributed by atoms with Crippen LogP contribution in [0.3, 0.4) is 0 Å². The summed E-state index contributed by atoms with van der Waals surface area (Å²) in [7, 11) is 1.62. The lowest BCUT2D eigenvalue weighted by atomic mass is 9.97. The zero-order chi connectivity index (χ0) is 23.2. The molecule has 0 aliphatic rings. The fourth-order valence-corrected chi connectivity index (χ4v) is 3.60. The number of pyridine rings is 1. The maximum atomic E-state index is 13.1. The monoisotopic (exact) mass is 458 g/mol. The number of halogens is 1. The zero-order valence-electron chi connectivity index (χ0n) is 18.3. The third kappa shape index (κ3) is 5.16. The maximum absolute atomic E-state index is 13.1. The number of carbonyl (C=O) groups is 1. The average Bonchev–Trinajstić information content (AvgIpc) is 2.85. The summed E-state index contributed by atoms with van der Waals surface area (Å²) in [6.45, 7) is 2.03. The Morgan fingerprint density at radius 3 is 2.27 bits per heavy atom. The van der Waals surface area contributed by atoms with Crippen molar-refractivity contribution >= 4 is 29.1 Å². The van der Waals surface area contributed by atoms with Gasteiger partial charge < -0.3 is 14.8 Å². The largest absolute Gasteiger partial charge is 0.497 e. The Morgan fingerprint density at radius 2 is 1.64 bits per heavy atom. The number of nitrogens with one attached hydrogen (secondary N) is 1. The molecule has 0 saturated heterocycles. The van der Waals surface area contributed by atoms with E-state index in [-0.39, 0.29) is 6.61 Å². The van der Waals surface area contributed by atoms with Crippen molar-refractivity contribution in [2.24, 2.45) is 0 Å². The Morgan fingerprint density at radius 1 is 0.939 bits per heavy atom. The first-order valence-electron chi connectivity index (χ1n) is 10.5. The minimum Gasteiger partial charge on any atom is -0.497 e. The van der Waals surface area contributed by atoms with Gasteiger partial charge in [-0.05, 0) is 55.0 Å². The second kappa shape index (κ2) is 10.2. The number of rotatable bonds is 7.